The molecule has 0 bridgehead atoms. The summed E-state index contributed by atoms with van der Waals surface area (Å²) in [6.45, 7) is 7.08. The second kappa shape index (κ2) is 7.90. The predicted octanol–water partition coefficient (Wildman–Crippen LogP) is 2.99. The third-order valence-electron chi connectivity index (χ3n) is 1.90. The highest BCUT2D eigenvalue weighted by atomic mass is 16.7. The van der Waals surface area contributed by atoms with Crippen molar-refractivity contribution >= 4 is 6.16 Å². The van der Waals surface area contributed by atoms with E-state index in [0.29, 0.717) is 19.1 Å². The molecule has 0 aromatic carbocycles. The molecule has 0 amide bonds. The quantitative estimate of drug-likeness (QED) is 0.475. The van der Waals surface area contributed by atoms with Gasteiger partial charge in [0, 0.05) is 0 Å². The first-order valence-corrected chi connectivity index (χ1v) is 5.00. The Balaban J connectivity index is 3.30. The van der Waals surface area contributed by atoms with Crippen LogP contribution < -0.4 is 0 Å². The first kappa shape index (κ1) is 12.3. The van der Waals surface area contributed by atoms with Crippen molar-refractivity contribution in [2.24, 2.45) is 5.92 Å². The minimum atomic E-state index is -0.534. The predicted molar refractivity (Wildman–Crippen MR) is 51.7 cm³/mol. The van der Waals surface area contributed by atoms with Gasteiger partial charge in [0.2, 0.25) is 0 Å². The molecule has 0 heterocycles. The fourth-order valence-electron chi connectivity index (χ4n) is 0.670. The van der Waals surface area contributed by atoms with Crippen molar-refractivity contribution in [3.8, 4) is 0 Å². The Labute approximate surface area is 80.4 Å². The van der Waals surface area contributed by atoms with E-state index >= 15 is 0 Å². The molecule has 3 heteroatoms. The van der Waals surface area contributed by atoms with Crippen LogP contribution in [0.4, 0.5) is 4.79 Å². The first-order valence-electron chi connectivity index (χ1n) is 5.00. The summed E-state index contributed by atoms with van der Waals surface area (Å²) in [5, 5.41) is 0. The lowest BCUT2D eigenvalue weighted by Gasteiger charge is -2.09. The average Bonchev–Trinajstić information content (AvgIpc) is 2.14. The van der Waals surface area contributed by atoms with Gasteiger partial charge < -0.3 is 9.47 Å². The van der Waals surface area contributed by atoms with E-state index < -0.39 is 6.16 Å². The molecule has 0 N–H and O–H groups in total. The second-order valence-corrected chi connectivity index (χ2v) is 3.28. The third-order valence-corrected chi connectivity index (χ3v) is 1.90. The van der Waals surface area contributed by atoms with Gasteiger partial charge in [0.05, 0.1) is 13.2 Å². The van der Waals surface area contributed by atoms with Crippen LogP contribution in [-0.2, 0) is 9.47 Å². The van der Waals surface area contributed by atoms with Crippen LogP contribution >= 0.6 is 0 Å². The van der Waals surface area contributed by atoms with E-state index in [0.717, 1.165) is 19.3 Å². The molecule has 0 saturated carbocycles. The van der Waals surface area contributed by atoms with Crippen LogP contribution in [0.3, 0.4) is 0 Å². The summed E-state index contributed by atoms with van der Waals surface area (Å²) in [4.78, 5) is 10.9. The minimum Gasteiger partial charge on any atom is -0.434 e. The van der Waals surface area contributed by atoms with Gasteiger partial charge in [-0.15, -0.1) is 0 Å². The Kier molecular flexibility index (Phi) is 7.45. The van der Waals surface area contributed by atoms with Gasteiger partial charge in [-0.1, -0.05) is 33.6 Å². The molecule has 1 atom stereocenters. The fourth-order valence-corrected chi connectivity index (χ4v) is 0.670. The lowest BCUT2D eigenvalue weighted by Crippen LogP contribution is -2.13. The van der Waals surface area contributed by atoms with Gasteiger partial charge in [0.15, 0.2) is 0 Å². The van der Waals surface area contributed by atoms with Crippen molar-refractivity contribution in [1.29, 1.82) is 0 Å². The van der Waals surface area contributed by atoms with Gasteiger partial charge in [0.25, 0.3) is 0 Å². The fraction of sp³-hybridized carbons (Fsp3) is 0.900. The van der Waals surface area contributed by atoms with Crippen LogP contribution in [0.5, 0.6) is 0 Å². The van der Waals surface area contributed by atoms with Crippen LogP contribution in [0.15, 0.2) is 0 Å². The molecule has 0 spiro atoms. The highest BCUT2D eigenvalue weighted by molar-refractivity contribution is 5.59. The zero-order chi connectivity index (χ0) is 10.1. The number of hydrogen-bond donors (Lipinski definition) is 0. The molecule has 0 radical (unpaired) electrons. The Morgan fingerprint density at radius 1 is 1.31 bits per heavy atom. The average molecular weight is 188 g/mol. The van der Waals surface area contributed by atoms with E-state index in [1.165, 1.54) is 0 Å². The Hall–Kier alpha value is -0.730. The van der Waals surface area contributed by atoms with E-state index in [4.69, 9.17) is 9.47 Å². The number of hydrogen-bond acceptors (Lipinski definition) is 3. The molecule has 1 unspecified atom stereocenters. The van der Waals surface area contributed by atoms with E-state index in [1.54, 1.807) is 0 Å². The van der Waals surface area contributed by atoms with E-state index in [2.05, 4.69) is 6.92 Å². The van der Waals surface area contributed by atoms with Gasteiger partial charge in [-0.05, 0) is 12.3 Å². The van der Waals surface area contributed by atoms with E-state index in [1.807, 2.05) is 13.8 Å². The molecule has 13 heavy (non-hydrogen) atoms. The van der Waals surface area contributed by atoms with Crippen molar-refractivity contribution in [2.75, 3.05) is 13.2 Å². The van der Waals surface area contributed by atoms with Crippen LogP contribution in [0.25, 0.3) is 0 Å². The van der Waals surface area contributed by atoms with Crippen LogP contribution in [0.1, 0.15) is 40.0 Å². The molecule has 0 aliphatic carbocycles. The number of carbonyl (C=O) groups excluding carboxylic acids is 1. The maximum Gasteiger partial charge on any atom is 0.508 e. The van der Waals surface area contributed by atoms with E-state index in [-0.39, 0.29) is 0 Å². The smallest absolute Gasteiger partial charge is 0.434 e. The number of ether oxygens (including phenoxy) is 2. The number of rotatable bonds is 6. The van der Waals surface area contributed by atoms with Crippen LogP contribution in [-0.4, -0.2) is 19.4 Å². The standard InChI is InChI=1S/C10H20O3/c1-4-6-7-12-10(11)13-8-9(3)5-2/h9H,4-8H2,1-3H3. The second-order valence-electron chi connectivity index (χ2n) is 3.28. The summed E-state index contributed by atoms with van der Waals surface area (Å²) in [5.74, 6) is 0.415. The molecular weight excluding hydrogens is 168 g/mol. The van der Waals surface area contributed by atoms with Crippen molar-refractivity contribution in [2.45, 2.75) is 40.0 Å². The summed E-state index contributed by atoms with van der Waals surface area (Å²) in [5.41, 5.74) is 0. The highest BCUT2D eigenvalue weighted by Crippen LogP contribution is 2.01. The lowest BCUT2D eigenvalue weighted by atomic mass is 10.1. The van der Waals surface area contributed by atoms with Crippen molar-refractivity contribution in [3.63, 3.8) is 0 Å². The molecule has 0 aliphatic heterocycles. The van der Waals surface area contributed by atoms with Gasteiger partial charge in [-0.25, -0.2) is 4.79 Å². The van der Waals surface area contributed by atoms with Gasteiger partial charge in [-0.3, -0.25) is 0 Å². The zero-order valence-electron chi connectivity index (χ0n) is 8.84. The summed E-state index contributed by atoms with van der Waals surface area (Å²) in [6, 6.07) is 0. The SMILES string of the molecule is CCCCOC(=O)OCC(C)CC. The highest BCUT2D eigenvalue weighted by Gasteiger charge is 2.05. The van der Waals surface area contributed by atoms with Crippen molar-refractivity contribution in [3.05, 3.63) is 0 Å². The van der Waals surface area contributed by atoms with Crippen molar-refractivity contribution in [1.82, 2.24) is 0 Å². The molecule has 3 nitrogen and oxygen atoms in total. The van der Waals surface area contributed by atoms with E-state index in [9.17, 15) is 4.79 Å². The van der Waals surface area contributed by atoms with Crippen LogP contribution in [0, 0.1) is 5.92 Å². The van der Waals surface area contributed by atoms with Gasteiger partial charge in [0.1, 0.15) is 0 Å². The largest absolute Gasteiger partial charge is 0.508 e. The summed E-state index contributed by atoms with van der Waals surface area (Å²) in [7, 11) is 0. The monoisotopic (exact) mass is 188 g/mol. The first-order chi connectivity index (χ1) is 6.20. The molecule has 0 saturated heterocycles. The third kappa shape index (κ3) is 7.62. The Morgan fingerprint density at radius 2 is 2.00 bits per heavy atom. The topological polar surface area (TPSA) is 35.5 Å². The maximum absolute atomic E-state index is 10.9. The van der Waals surface area contributed by atoms with Gasteiger partial charge >= 0.3 is 6.16 Å². The Morgan fingerprint density at radius 3 is 2.54 bits per heavy atom. The molecule has 0 fully saturated rings. The summed E-state index contributed by atoms with van der Waals surface area (Å²) >= 11 is 0. The molecular formula is C10H20O3. The zero-order valence-corrected chi connectivity index (χ0v) is 8.84. The normalized spacial score (nSPS) is 12.2. The maximum atomic E-state index is 10.9. The Bertz CT molecular complexity index is 134. The molecule has 0 aliphatic rings. The lowest BCUT2D eigenvalue weighted by molar-refractivity contribution is 0.0449. The number of unbranched alkanes of at least 4 members (excludes halogenated alkanes) is 1. The number of carbonyl (C=O) groups is 1. The van der Waals surface area contributed by atoms with Crippen molar-refractivity contribution < 1.29 is 14.3 Å². The molecule has 78 valence electrons. The minimum absolute atomic E-state index is 0.415. The summed E-state index contributed by atoms with van der Waals surface area (Å²) < 4.78 is 9.70. The molecule has 0 rings (SSSR count). The van der Waals surface area contributed by atoms with Crippen LogP contribution in [0.2, 0.25) is 0 Å². The molecule has 0 aromatic rings. The van der Waals surface area contributed by atoms with Gasteiger partial charge in [-0.2, -0.15) is 0 Å². The molecule has 0 aromatic heterocycles. The summed E-state index contributed by atoms with van der Waals surface area (Å²) in [6.07, 6.45) is 2.41.